The van der Waals surface area contributed by atoms with E-state index in [0.717, 1.165) is 50.0 Å². The third-order valence-corrected chi connectivity index (χ3v) is 4.38. The monoisotopic (exact) mass is 439 g/mol. The first-order chi connectivity index (χ1) is 14.8. The van der Waals surface area contributed by atoms with Gasteiger partial charge in [0.15, 0.2) is 5.82 Å². The van der Waals surface area contributed by atoms with E-state index in [-0.39, 0.29) is 0 Å². The molecule has 0 aliphatic carbocycles. The molecule has 3 aromatic heterocycles. The summed E-state index contributed by atoms with van der Waals surface area (Å²) >= 11 is 0. The lowest BCUT2D eigenvalue weighted by Crippen LogP contribution is -2.26. The first-order valence-corrected chi connectivity index (χ1v) is 9.32. The van der Waals surface area contributed by atoms with Gasteiger partial charge in [-0.15, -0.1) is 10.2 Å². The number of aliphatic carboxylic acids is 1. The molecule has 0 aromatic carbocycles. The van der Waals surface area contributed by atoms with Gasteiger partial charge in [-0.3, -0.25) is 4.90 Å². The average molecular weight is 439 g/mol. The van der Waals surface area contributed by atoms with E-state index in [1.54, 1.807) is 12.5 Å². The van der Waals surface area contributed by atoms with Gasteiger partial charge in [0.2, 0.25) is 5.88 Å². The van der Waals surface area contributed by atoms with Gasteiger partial charge < -0.3 is 18.8 Å². The van der Waals surface area contributed by atoms with Crippen molar-refractivity contribution in [2.24, 2.45) is 0 Å². The van der Waals surface area contributed by atoms with Crippen molar-refractivity contribution in [3.63, 3.8) is 0 Å². The van der Waals surface area contributed by atoms with Crippen LogP contribution in [0.4, 0.5) is 13.2 Å². The van der Waals surface area contributed by atoms with Crippen LogP contribution in [0.1, 0.15) is 17.4 Å². The number of nitrogens with zero attached hydrogens (tertiary/aromatic N) is 5. The number of carboxylic acid groups (broad SMARTS) is 1. The molecule has 12 heteroatoms. The number of carbonyl (C=O) groups is 1. The van der Waals surface area contributed by atoms with Gasteiger partial charge in [-0.05, 0) is 18.2 Å². The molecule has 4 heterocycles. The van der Waals surface area contributed by atoms with Crippen LogP contribution in [0, 0.1) is 0 Å². The molecule has 0 fully saturated rings. The maximum atomic E-state index is 10.6. The lowest BCUT2D eigenvalue weighted by atomic mass is 10.3. The molecule has 0 spiro atoms. The summed E-state index contributed by atoms with van der Waals surface area (Å²) in [5.41, 5.74) is 0. The predicted octanol–water partition coefficient (Wildman–Crippen LogP) is 2.54. The Balaban J connectivity index is 0.000000339. The highest BCUT2D eigenvalue weighted by molar-refractivity contribution is 5.73. The summed E-state index contributed by atoms with van der Waals surface area (Å²) in [6, 6.07) is 9.54. The van der Waals surface area contributed by atoms with Crippen molar-refractivity contribution >= 4 is 5.97 Å². The molecular weight excluding hydrogens is 419 g/mol. The Morgan fingerprint density at radius 1 is 1.16 bits per heavy atom. The average Bonchev–Trinajstić information content (AvgIpc) is 3.34. The van der Waals surface area contributed by atoms with Gasteiger partial charge in [0, 0.05) is 38.3 Å². The van der Waals surface area contributed by atoms with E-state index in [1.807, 2.05) is 30.3 Å². The Bertz CT molecular complexity index is 961. The van der Waals surface area contributed by atoms with Crippen molar-refractivity contribution in [2.45, 2.75) is 32.3 Å². The minimum absolute atomic E-state index is 0.377. The molecule has 0 atom stereocenters. The lowest BCUT2D eigenvalue weighted by molar-refractivity contribution is -0.192. The molecule has 31 heavy (non-hydrogen) atoms. The molecule has 0 bridgehead atoms. The summed E-state index contributed by atoms with van der Waals surface area (Å²) in [7, 11) is 0. The standard InChI is InChI=1S/C17H19N5O2.C2HF3O2/c1-2-7-18-17(5-1)24-13-16-20-19-15-6-8-21(9-10-22(15)16)12-14-4-3-11-23-14;3-2(4,5)1(6)7/h1-5,7,11H,6,8-10,12-13H2;(H,6,7). The zero-order valence-electron chi connectivity index (χ0n) is 16.3. The number of aromatic nitrogens is 4. The van der Waals surface area contributed by atoms with Crippen LogP contribution in [0.3, 0.4) is 0 Å². The van der Waals surface area contributed by atoms with Crippen molar-refractivity contribution in [1.82, 2.24) is 24.6 Å². The van der Waals surface area contributed by atoms with E-state index >= 15 is 0 Å². The van der Waals surface area contributed by atoms with Gasteiger partial charge in [-0.25, -0.2) is 9.78 Å². The number of ether oxygens (including phenoxy) is 1. The number of fused-ring (bicyclic) bond motifs is 1. The molecule has 9 nitrogen and oxygen atoms in total. The summed E-state index contributed by atoms with van der Waals surface area (Å²) in [5, 5.41) is 15.7. The molecule has 1 aliphatic heterocycles. The van der Waals surface area contributed by atoms with E-state index in [4.69, 9.17) is 19.1 Å². The van der Waals surface area contributed by atoms with Crippen molar-refractivity contribution in [1.29, 1.82) is 0 Å². The van der Waals surface area contributed by atoms with Crippen LogP contribution in [0.15, 0.2) is 47.2 Å². The number of hydrogen-bond donors (Lipinski definition) is 1. The first kappa shape index (κ1) is 22.3. The third kappa shape index (κ3) is 6.54. The molecule has 0 unspecified atom stereocenters. The lowest BCUT2D eigenvalue weighted by Gasteiger charge is -2.17. The SMILES string of the molecule is O=C(O)C(F)(F)F.c1ccc(OCc2nnc3n2CCN(Cc2ccco2)CC3)nc1. The van der Waals surface area contributed by atoms with Crippen LogP contribution in [0.5, 0.6) is 5.88 Å². The smallest absolute Gasteiger partial charge is 0.475 e. The molecule has 0 radical (unpaired) electrons. The van der Waals surface area contributed by atoms with Crippen LogP contribution >= 0.6 is 0 Å². The van der Waals surface area contributed by atoms with Gasteiger partial charge in [-0.2, -0.15) is 13.2 Å². The number of pyridine rings is 1. The van der Waals surface area contributed by atoms with Gasteiger partial charge in [0.25, 0.3) is 0 Å². The number of rotatable bonds is 5. The Morgan fingerprint density at radius 2 is 1.97 bits per heavy atom. The summed E-state index contributed by atoms with van der Waals surface area (Å²) in [4.78, 5) is 15.4. The highest BCUT2D eigenvalue weighted by Gasteiger charge is 2.38. The maximum absolute atomic E-state index is 10.6. The molecule has 1 N–H and O–H groups in total. The van der Waals surface area contributed by atoms with Crippen LogP contribution in [0.2, 0.25) is 0 Å². The Hall–Kier alpha value is -3.41. The molecule has 0 amide bonds. The van der Waals surface area contributed by atoms with E-state index in [9.17, 15) is 13.2 Å². The van der Waals surface area contributed by atoms with Crippen LogP contribution in [-0.4, -0.2) is 55.0 Å². The Kier molecular flexibility index (Phi) is 7.23. The number of halogens is 3. The fraction of sp³-hybridized carbons (Fsp3) is 0.368. The van der Waals surface area contributed by atoms with Crippen LogP contribution in [0.25, 0.3) is 0 Å². The summed E-state index contributed by atoms with van der Waals surface area (Å²) < 4.78 is 45.0. The minimum atomic E-state index is -5.08. The zero-order valence-corrected chi connectivity index (χ0v) is 16.3. The van der Waals surface area contributed by atoms with Crippen molar-refractivity contribution in [2.75, 3.05) is 13.1 Å². The molecule has 0 saturated carbocycles. The predicted molar refractivity (Wildman–Crippen MR) is 100.0 cm³/mol. The summed E-state index contributed by atoms with van der Waals surface area (Å²) in [5.74, 6) is 0.689. The van der Waals surface area contributed by atoms with Crippen molar-refractivity contribution in [3.8, 4) is 5.88 Å². The number of carboxylic acids is 1. The van der Waals surface area contributed by atoms with Crippen LogP contribution < -0.4 is 4.74 Å². The van der Waals surface area contributed by atoms with Crippen molar-refractivity contribution < 1.29 is 32.2 Å². The van der Waals surface area contributed by atoms with Gasteiger partial charge >= 0.3 is 12.1 Å². The minimum Gasteiger partial charge on any atom is -0.475 e. The fourth-order valence-electron chi connectivity index (χ4n) is 2.89. The molecular formula is C19H20F3N5O4. The van der Waals surface area contributed by atoms with E-state index in [0.29, 0.717) is 12.5 Å². The number of alkyl halides is 3. The second kappa shape index (κ2) is 10.1. The maximum Gasteiger partial charge on any atom is 0.490 e. The highest BCUT2D eigenvalue weighted by Crippen LogP contribution is 2.15. The number of furan rings is 1. The third-order valence-electron chi connectivity index (χ3n) is 4.38. The number of hydrogen-bond acceptors (Lipinski definition) is 7. The largest absolute Gasteiger partial charge is 0.490 e. The second-order valence-electron chi connectivity index (χ2n) is 6.55. The molecule has 3 aromatic rings. The zero-order chi connectivity index (χ0) is 22.3. The topological polar surface area (TPSA) is 107 Å². The normalized spacial score (nSPS) is 14.2. The van der Waals surface area contributed by atoms with Crippen LogP contribution in [-0.2, 0) is 30.9 Å². The summed E-state index contributed by atoms with van der Waals surface area (Å²) in [6.07, 6.45) is -0.779. The van der Waals surface area contributed by atoms with Crippen molar-refractivity contribution in [3.05, 3.63) is 60.2 Å². The van der Waals surface area contributed by atoms with E-state index in [1.165, 1.54) is 0 Å². The quantitative estimate of drug-likeness (QED) is 0.647. The van der Waals surface area contributed by atoms with E-state index < -0.39 is 12.1 Å². The van der Waals surface area contributed by atoms with Gasteiger partial charge in [0.05, 0.1) is 12.8 Å². The first-order valence-electron chi connectivity index (χ1n) is 9.32. The Morgan fingerprint density at radius 3 is 2.61 bits per heavy atom. The van der Waals surface area contributed by atoms with E-state index in [2.05, 4.69) is 24.6 Å². The second-order valence-corrected chi connectivity index (χ2v) is 6.55. The molecule has 1 aliphatic rings. The summed E-state index contributed by atoms with van der Waals surface area (Å²) in [6.45, 7) is 3.93. The molecule has 166 valence electrons. The van der Waals surface area contributed by atoms with Gasteiger partial charge in [-0.1, -0.05) is 6.07 Å². The van der Waals surface area contributed by atoms with Gasteiger partial charge in [0.1, 0.15) is 18.2 Å². The fourth-order valence-corrected chi connectivity index (χ4v) is 2.89. The molecule has 4 rings (SSSR count). The highest BCUT2D eigenvalue weighted by atomic mass is 19.4. The molecule has 0 saturated heterocycles. The Labute approximate surface area is 175 Å².